The van der Waals surface area contributed by atoms with Gasteiger partial charge in [0.05, 0.1) is 12.5 Å². The molecule has 0 spiro atoms. The molecule has 0 unspecified atom stereocenters. The molecule has 1 fully saturated rings. The van der Waals surface area contributed by atoms with E-state index in [-0.39, 0.29) is 17.3 Å². The van der Waals surface area contributed by atoms with Gasteiger partial charge in [-0.3, -0.25) is 4.79 Å². The molecule has 2 atom stereocenters. The van der Waals surface area contributed by atoms with Crippen LogP contribution in [0.15, 0.2) is 11.6 Å². The largest absolute Gasteiger partial charge is 0.465 e. The average Bonchev–Trinajstić information content (AvgIpc) is 2.30. The van der Waals surface area contributed by atoms with Crippen molar-refractivity contribution in [3.8, 4) is 0 Å². The lowest BCUT2D eigenvalue weighted by atomic mass is 9.73. The normalized spacial score (nSPS) is 18.9. The van der Waals surface area contributed by atoms with E-state index >= 15 is 0 Å². The molecule has 0 N–H and O–H groups in total. The van der Waals surface area contributed by atoms with E-state index in [0.717, 1.165) is 19.3 Å². The van der Waals surface area contributed by atoms with Crippen molar-refractivity contribution in [3.05, 3.63) is 11.6 Å². The molecule has 0 aromatic carbocycles. The molecule has 2 heteroatoms. The van der Waals surface area contributed by atoms with E-state index in [0.29, 0.717) is 18.4 Å². The fourth-order valence-electron chi connectivity index (χ4n) is 2.55. The Morgan fingerprint density at radius 2 is 1.90 bits per heavy atom. The Morgan fingerprint density at radius 3 is 2.35 bits per heavy atom. The van der Waals surface area contributed by atoms with Crippen LogP contribution in [0.1, 0.15) is 67.2 Å². The van der Waals surface area contributed by atoms with Crippen molar-refractivity contribution in [1.29, 1.82) is 0 Å². The van der Waals surface area contributed by atoms with Crippen LogP contribution in [0.25, 0.3) is 0 Å². The van der Waals surface area contributed by atoms with Crippen molar-refractivity contribution in [2.24, 2.45) is 23.2 Å². The molecular weight excluding hydrogens is 248 g/mol. The number of ether oxygens (including phenoxy) is 1. The van der Waals surface area contributed by atoms with Gasteiger partial charge in [0.1, 0.15) is 0 Å². The van der Waals surface area contributed by atoms with E-state index in [1.807, 2.05) is 0 Å². The lowest BCUT2D eigenvalue weighted by Gasteiger charge is -2.36. The molecule has 0 aliphatic heterocycles. The van der Waals surface area contributed by atoms with E-state index in [9.17, 15) is 4.79 Å². The Bertz CT molecular complexity index is 346. The van der Waals surface area contributed by atoms with Crippen molar-refractivity contribution in [1.82, 2.24) is 0 Å². The third-order valence-electron chi connectivity index (χ3n) is 5.01. The zero-order chi connectivity index (χ0) is 15.3. The molecule has 0 aromatic rings. The van der Waals surface area contributed by atoms with Crippen molar-refractivity contribution in [3.63, 3.8) is 0 Å². The quantitative estimate of drug-likeness (QED) is 0.485. The first-order valence-electron chi connectivity index (χ1n) is 8.04. The summed E-state index contributed by atoms with van der Waals surface area (Å²) in [6.45, 7) is 13.8. The summed E-state index contributed by atoms with van der Waals surface area (Å²) < 4.78 is 5.55. The highest BCUT2D eigenvalue weighted by molar-refractivity contribution is 5.73. The van der Waals surface area contributed by atoms with Crippen LogP contribution >= 0.6 is 0 Å². The van der Waals surface area contributed by atoms with Gasteiger partial charge in [0.2, 0.25) is 0 Å². The fraction of sp³-hybridized carbons (Fsp3) is 0.833. The molecule has 0 aromatic heterocycles. The molecule has 0 heterocycles. The minimum absolute atomic E-state index is 0.0217. The minimum Gasteiger partial charge on any atom is -0.465 e. The Kier molecular flexibility index (Phi) is 6.29. The van der Waals surface area contributed by atoms with E-state index in [4.69, 9.17) is 4.74 Å². The maximum absolute atomic E-state index is 11.8. The number of esters is 1. The van der Waals surface area contributed by atoms with E-state index in [1.165, 1.54) is 12.0 Å². The summed E-state index contributed by atoms with van der Waals surface area (Å²) >= 11 is 0. The highest BCUT2D eigenvalue weighted by Crippen LogP contribution is 2.35. The van der Waals surface area contributed by atoms with Gasteiger partial charge in [0.15, 0.2) is 0 Å². The zero-order valence-corrected chi connectivity index (χ0v) is 14.2. The van der Waals surface area contributed by atoms with Gasteiger partial charge in [-0.05, 0) is 44.9 Å². The fourth-order valence-corrected chi connectivity index (χ4v) is 2.55. The lowest BCUT2D eigenvalue weighted by Crippen LogP contribution is -2.34. The highest BCUT2D eigenvalue weighted by atomic mass is 16.5. The molecule has 1 rings (SSSR count). The number of carbonyl (C=O) groups is 1. The van der Waals surface area contributed by atoms with Gasteiger partial charge in [-0.2, -0.15) is 0 Å². The Morgan fingerprint density at radius 1 is 1.30 bits per heavy atom. The maximum atomic E-state index is 11.8. The molecule has 0 amide bonds. The number of rotatable bonds is 7. The third-order valence-corrected chi connectivity index (χ3v) is 5.01. The second-order valence-electron chi connectivity index (χ2n) is 7.51. The summed E-state index contributed by atoms with van der Waals surface area (Å²) in [4.78, 5) is 11.8. The second kappa shape index (κ2) is 7.28. The van der Waals surface area contributed by atoms with Crippen LogP contribution in [0, 0.1) is 23.2 Å². The molecule has 116 valence electrons. The molecule has 1 saturated carbocycles. The van der Waals surface area contributed by atoms with E-state index in [2.05, 4.69) is 47.6 Å². The summed E-state index contributed by atoms with van der Waals surface area (Å²) in [7, 11) is 0. The van der Waals surface area contributed by atoms with E-state index < -0.39 is 0 Å². The van der Waals surface area contributed by atoms with Crippen LogP contribution < -0.4 is 0 Å². The smallest absolute Gasteiger partial charge is 0.308 e. The third kappa shape index (κ3) is 4.96. The highest BCUT2D eigenvalue weighted by Gasteiger charge is 2.33. The molecule has 0 bridgehead atoms. The molecule has 0 radical (unpaired) electrons. The number of allylic oxidation sites excluding steroid dienone is 2. The second-order valence-corrected chi connectivity index (χ2v) is 7.51. The standard InChI is InChI=1S/C18H32O2/c1-13(2)10-11-14(3)15(4)18(5,6)12-20-17(19)16-8-7-9-16/h10,14-16H,7-9,11-12H2,1-6H3/t14-,15+/m1/s1. The summed E-state index contributed by atoms with van der Waals surface area (Å²) in [6, 6.07) is 0. The molecule has 1 aliphatic rings. The predicted octanol–water partition coefficient (Wildman–Crippen LogP) is 4.98. The summed E-state index contributed by atoms with van der Waals surface area (Å²) in [5.74, 6) is 1.33. The average molecular weight is 280 g/mol. The number of hydrogen-bond acceptors (Lipinski definition) is 2. The van der Waals surface area contributed by atoms with Gasteiger partial charge >= 0.3 is 5.97 Å². The predicted molar refractivity (Wildman–Crippen MR) is 84.5 cm³/mol. The van der Waals surface area contributed by atoms with Crippen LogP contribution in [0.2, 0.25) is 0 Å². The van der Waals surface area contributed by atoms with Crippen LogP contribution in [0.5, 0.6) is 0 Å². The van der Waals surface area contributed by atoms with E-state index in [1.54, 1.807) is 0 Å². The molecule has 20 heavy (non-hydrogen) atoms. The summed E-state index contributed by atoms with van der Waals surface area (Å²) in [5.41, 5.74) is 1.41. The van der Waals surface area contributed by atoms with Gasteiger partial charge in [-0.1, -0.05) is 45.8 Å². The van der Waals surface area contributed by atoms with Crippen LogP contribution in [0.3, 0.4) is 0 Å². The number of hydrogen-bond donors (Lipinski definition) is 0. The summed E-state index contributed by atoms with van der Waals surface area (Å²) in [6.07, 6.45) is 6.62. The Balaban J connectivity index is 2.44. The lowest BCUT2D eigenvalue weighted by molar-refractivity contribution is -0.156. The van der Waals surface area contributed by atoms with Crippen LogP contribution in [-0.2, 0) is 9.53 Å². The van der Waals surface area contributed by atoms with Crippen molar-refractivity contribution in [2.75, 3.05) is 6.61 Å². The first-order valence-corrected chi connectivity index (χ1v) is 8.04. The SMILES string of the molecule is CC(C)=CC[C@@H](C)[C@H](C)C(C)(C)COC(=O)C1CCC1. The Labute approximate surface area is 125 Å². The zero-order valence-electron chi connectivity index (χ0n) is 14.2. The molecule has 1 aliphatic carbocycles. The maximum Gasteiger partial charge on any atom is 0.308 e. The van der Waals surface area contributed by atoms with Crippen LogP contribution in [0.4, 0.5) is 0 Å². The van der Waals surface area contributed by atoms with Gasteiger partial charge in [-0.25, -0.2) is 0 Å². The molecule has 0 saturated heterocycles. The van der Waals surface area contributed by atoms with Gasteiger partial charge < -0.3 is 4.74 Å². The summed E-state index contributed by atoms with van der Waals surface area (Å²) in [5, 5.41) is 0. The van der Waals surface area contributed by atoms with Gasteiger partial charge in [0, 0.05) is 5.41 Å². The first-order chi connectivity index (χ1) is 9.24. The van der Waals surface area contributed by atoms with Gasteiger partial charge in [0.25, 0.3) is 0 Å². The van der Waals surface area contributed by atoms with Crippen molar-refractivity contribution >= 4 is 5.97 Å². The van der Waals surface area contributed by atoms with Crippen molar-refractivity contribution < 1.29 is 9.53 Å². The first kappa shape index (κ1) is 17.3. The number of carbonyl (C=O) groups excluding carboxylic acids is 1. The van der Waals surface area contributed by atoms with Crippen LogP contribution in [-0.4, -0.2) is 12.6 Å². The minimum atomic E-state index is 0.0217. The molecule has 2 nitrogen and oxygen atoms in total. The molecular formula is C18H32O2. The topological polar surface area (TPSA) is 26.3 Å². The Hall–Kier alpha value is -0.790. The monoisotopic (exact) mass is 280 g/mol. The van der Waals surface area contributed by atoms with Gasteiger partial charge in [-0.15, -0.1) is 0 Å². The van der Waals surface area contributed by atoms with Crippen molar-refractivity contribution in [2.45, 2.75) is 67.2 Å².